The minimum Gasteiger partial charge on any atom is -0.396 e. The van der Waals surface area contributed by atoms with Crippen molar-refractivity contribution in [1.82, 2.24) is 15.5 Å². The van der Waals surface area contributed by atoms with Crippen molar-refractivity contribution in [1.29, 1.82) is 0 Å². The molecule has 0 bridgehead atoms. The van der Waals surface area contributed by atoms with Crippen LogP contribution in [-0.4, -0.2) is 34.0 Å². The maximum Gasteiger partial charge on any atom is 0.321 e. The molecule has 0 radical (unpaired) electrons. The van der Waals surface area contributed by atoms with Crippen molar-refractivity contribution >= 4 is 22.5 Å². The molecule has 3 N–H and O–H groups in total. The standard InChI is InChI=1S/C13H24N4O2S/c1-5-10(6-2)11-16-17-13(20-11)15-12(19)14-9(4)8(3)7-18/h8-10,18H,5-7H2,1-4H3,(H2,14,15,17,19). The first kappa shape index (κ1) is 16.8. The summed E-state index contributed by atoms with van der Waals surface area (Å²) in [6.07, 6.45) is 2.03. The zero-order valence-electron chi connectivity index (χ0n) is 12.5. The second-order valence-corrected chi connectivity index (χ2v) is 6.01. The highest BCUT2D eigenvalue weighted by Gasteiger charge is 2.17. The van der Waals surface area contributed by atoms with Gasteiger partial charge in [0.05, 0.1) is 0 Å². The number of amides is 2. The van der Waals surface area contributed by atoms with Gasteiger partial charge in [0, 0.05) is 18.6 Å². The van der Waals surface area contributed by atoms with Crippen molar-refractivity contribution in [2.75, 3.05) is 11.9 Å². The van der Waals surface area contributed by atoms with Crippen molar-refractivity contribution < 1.29 is 9.90 Å². The summed E-state index contributed by atoms with van der Waals surface area (Å²) in [5.41, 5.74) is 0. The minimum absolute atomic E-state index is 0.00953. The summed E-state index contributed by atoms with van der Waals surface area (Å²) in [4.78, 5) is 11.8. The molecule has 6 nitrogen and oxygen atoms in total. The Morgan fingerprint density at radius 1 is 1.30 bits per heavy atom. The monoisotopic (exact) mass is 300 g/mol. The molecule has 0 fully saturated rings. The molecule has 0 aromatic carbocycles. The Kier molecular flexibility index (Phi) is 6.87. The number of aromatic nitrogens is 2. The maximum atomic E-state index is 11.8. The van der Waals surface area contributed by atoms with Gasteiger partial charge in [0.25, 0.3) is 0 Å². The van der Waals surface area contributed by atoms with Crippen LogP contribution in [0.15, 0.2) is 0 Å². The van der Waals surface area contributed by atoms with Crippen LogP contribution in [0.25, 0.3) is 0 Å². The number of urea groups is 1. The molecule has 2 amide bonds. The van der Waals surface area contributed by atoms with Crippen LogP contribution in [-0.2, 0) is 0 Å². The second kappa shape index (κ2) is 8.16. The number of rotatable bonds is 7. The summed E-state index contributed by atoms with van der Waals surface area (Å²) < 4.78 is 0. The average molecular weight is 300 g/mol. The van der Waals surface area contributed by atoms with Gasteiger partial charge in [-0.1, -0.05) is 32.1 Å². The molecule has 0 aliphatic heterocycles. The zero-order valence-corrected chi connectivity index (χ0v) is 13.3. The first-order valence-electron chi connectivity index (χ1n) is 7.03. The Morgan fingerprint density at radius 2 is 1.95 bits per heavy atom. The van der Waals surface area contributed by atoms with Gasteiger partial charge < -0.3 is 10.4 Å². The number of hydrogen-bond acceptors (Lipinski definition) is 5. The summed E-state index contributed by atoms with van der Waals surface area (Å²) in [6, 6.07) is -0.420. The molecule has 1 aromatic heterocycles. The molecule has 2 atom stereocenters. The van der Waals surface area contributed by atoms with E-state index < -0.39 is 0 Å². The number of carbonyl (C=O) groups is 1. The molecule has 2 unspecified atom stereocenters. The number of nitrogens with zero attached hydrogens (tertiary/aromatic N) is 2. The lowest BCUT2D eigenvalue weighted by Crippen LogP contribution is -2.40. The van der Waals surface area contributed by atoms with E-state index in [9.17, 15) is 4.79 Å². The zero-order chi connectivity index (χ0) is 15.1. The summed E-state index contributed by atoms with van der Waals surface area (Å²) >= 11 is 1.42. The van der Waals surface area contributed by atoms with E-state index in [2.05, 4.69) is 34.7 Å². The number of hydrogen-bond donors (Lipinski definition) is 3. The first-order chi connectivity index (χ1) is 9.51. The fourth-order valence-electron chi connectivity index (χ4n) is 1.73. The van der Waals surface area contributed by atoms with E-state index in [-0.39, 0.29) is 24.6 Å². The third-order valence-electron chi connectivity index (χ3n) is 3.50. The normalized spacial score (nSPS) is 14.1. The molecular weight excluding hydrogens is 276 g/mol. The number of anilines is 1. The Morgan fingerprint density at radius 3 is 2.50 bits per heavy atom. The third-order valence-corrected chi connectivity index (χ3v) is 4.50. The fraction of sp³-hybridized carbons (Fsp3) is 0.769. The van der Waals surface area contributed by atoms with Crippen LogP contribution in [0.1, 0.15) is 51.5 Å². The van der Waals surface area contributed by atoms with Crippen molar-refractivity contribution in [2.24, 2.45) is 5.92 Å². The van der Waals surface area contributed by atoms with Gasteiger partial charge in [-0.2, -0.15) is 0 Å². The van der Waals surface area contributed by atoms with Crippen molar-refractivity contribution in [3.63, 3.8) is 0 Å². The van der Waals surface area contributed by atoms with Crippen LogP contribution in [0.3, 0.4) is 0 Å². The molecule has 1 rings (SSSR count). The highest BCUT2D eigenvalue weighted by molar-refractivity contribution is 7.15. The average Bonchev–Trinajstić information content (AvgIpc) is 2.87. The highest BCUT2D eigenvalue weighted by Crippen LogP contribution is 2.27. The van der Waals surface area contributed by atoms with Gasteiger partial charge >= 0.3 is 6.03 Å². The Bertz CT molecular complexity index is 420. The molecule has 0 aliphatic rings. The van der Waals surface area contributed by atoms with Gasteiger partial charge in [0.2, 0.25) is 5.13 Å². The minimum atomic E-state index is -0.315. The molecule has 0 saturated carbocycles. The van der Waals surface area contributed by atoms with Crippen LogP contribution in [0.2, 0.25) is 0 Å². The molecule has 1 heterocycles. The van der Waals surface area contributed by atoms with Gasteiger partial charge in [-0.3, -0.25) is 5.32 Å². The van der Waals surface area contributed by atoms with E-state index in [1.54, 1.807) is 0 Å². The quantitative estimate of drug-likeness (QED) is 0.722. The summed E-state index contributed by atoms with van der Waals surface area (Å²) in [7, 11) is 0. The van der Waals surface area contributed by atoms with Crippen molar-refractivity contribution in [2.45, 2.75) is 52.5 Å². The topological polar surface area (TPSA) is 87.1 Å². The molecule has 7 heteroatoms. The molecule has 0 spiro atoms. The van der Waals surface area contributed by atoms with Gasteiger partial charge in [-0.05, 0) is 25.7 Å². The predicted octanol–water partition coefficient (Wildman–Crippen LogP) is 2.58. The second-order valence-electron chi connectivity index (χ2n) is 5.01. The van der Waals surface area contributed by atoms with Gasteiger partial charge in [0.1, 0.15) is 5.01 Å². The van der Waals surface area contributed by atoms with E-state index in [0.29, 0.717) is 11.0 Å². The lowest BCUT2D eigenvalue weighted by Gasteiger charge is -2.18. The molecule has 20 heavy (non-hydrogen) atoms. The number of carbonyl (C=O) groups excluding carboxylic acids is 1. The van der Waals surface area contributed by atoms with Crippen LogP contribution in [0.5, 0.6) is 0 Å². The number of nitrogens with one attached hydrogen (secondary N) is 2. The summed E-state index contributed by atoms with van der Waals surface area (Å²) in [5, 5.41) is 24.1. The van der Waals surface area contributed by atoms with Crippen LogP contribution in [0, 0.1) is 5.92 Å². The Labute approximate surface area is 124 Å². The largest absolute Gasteiger partial charge is 0.396 e. The first-order valence-corrected chi connectivity index (χ1v) is 7.85. The summed E-state index contributed by atoms with van der Waals surface area (Å²) in [6.45, 7) is 8.01. The van der Waals surface area contributed by atoms with E-state index in [1.807, 2.05) is 13.8 Å². The van der Waals surface area contributed by atoms with E-state index in [1.165, 1.54) is 11.3 Å². The Balaban J connectivity index is 2.54. The molecule has 0 saturated heterocycles. The molecule has 1 aromatic rings. The number of aliphatic hydroxyl groups excluding tert-OH is 1. The van der Waals surface area contributed by atoms with E-state index in [4.69, 9.17) is 5.11 Å². The van der Waals surface area contributed by atoms with Gasteiger partial charge in [-0.15, -0.1) is 10.2 Å². The van der Waals surface area contributed by atoms with Crippen LogP contribution < -0.4 is 10.6 Å². The molecule has 0 aliphatic carbocycles. The smallest absolute Gasteiger partial charge is 0.321 e. The lowest BCUT2D eigenvalue weighted by atomic mass is 10.1. The molecule has 114 valence electrons. The SMILES string of the molecule is CCC(CC)c1nnc(NC(=O)NC(C)C(C)CO)s1. The summed E-state index contributed by atoms with van der Waals surface area (Å²) in [5.74, 6) is 0.412. The Hall–Kier alpha value is -1.21. The van der Waals surface area contributed by atoms with Crippen molar-refractivity contribution in [3.8, 4) is 0 Å². The van der Waals surface area contributed by atoms with Crippen molar-refractivity contribution in [3.05, 3.63) is 5.01 Å². The van der Waals surface area contributed by atoms with E-state index >= 15 is 0 Å². The highest BCUT2D eigenvalue weighted by atomic mass is 32.1. The lowest BCUT2D eigenvalue weighted by molar-refractivity contribution is 0.204. The number of aliphatic hydroxyl groups is 1. The van der Waals surface area contributed by atoms with E-state index in [0.717, 1.165) is 17.8 Å². The van der Waals surface area contributed by atoms with Crippen LogP contribution in [0.4, 0.5) is 9.93 Å². The van der Waals surface area contributed by atoms with Crippen LogP contribution >= 0.6 is 11.3 Å². The predicted molar refractivity (Wildman–Crippen MR) is 81.1 cm³/mol. The molecular formula is C13H24N4O2S. The third kappa shape index (κ3) is 4.72. The van der Waals surface area contributed by atoms with Gasteiger partial charge in [-0.25, -0.2) is 4.79 Å². The van der Waals surface area contributed by atoms with Gasteiger partial charge in [0.15, 0.2) is 0 Å². The maximum absolute atomic E-state index is 11.8. The fourth-order valence-corrected chi connectivity index (χ4v) is 2.73.